The fraction of sp³-hybridized carbons (Fsp3) is 0.143. The minimum atomic E-state index is -1.22. The highest BCUT2D eigenvalue weighted by Crippen LogP contribution is 2.12. The Hall–Kier alpha value is -2.54. The number of fused-ring (bicyclic) bond motifs is 1. The average molecular weight is 241 g/mol. The molecule has 0 saturated carbocycles. The summed E-state index contributed by atoms with van der Waals surface area (Å²) >= 11 is 0. The molecule has 1 aromatic carbocycles. The molecule has 0 amide bonds. The summed E-state index contributed by atoms with van der Waals surface area (Å²) in [7, 11) is 0. The van der Waals surface area contributed by atoms with Crippen LogP contribution in [0.3, 0.4) is 0 Å². The first-order chi connectivity index (χ1) is 8.65. The van der Waals surface area contributed by atoms with Crippen LogP contribution in [0.2, 0.25) is 0 Å². The zero-order valence-corrected chi connectivity index (χ0v) is 9.59. The van der Waals surface area contributed by atoms with Crippen molar-refractivity contribution in [1.29, 1.82) is 0 Å². The van der Waals surface area contributed by atoms with E-state index < -0.39 is 11.4 Å². The summed E-state index contributed by atoms with van der Waals surface area (Å²) in [4.78, 5) is 23.0. The van der Waals surface area contributed by atoms with Gasteiger partial charge in [-0.1, -0.05) is 12.1 Å². The Morgan fingerprint density at radius 1 is 1.39 bits per heavy atom. The molecule has 2 rings (SSSR count). The fourth-order valence-corrected chi connectivity index (χ4v) is 1.87. The van der Waals surface area contributed by atoms with E-state index in [0.29, 0.717) is 23.9 Å². The van der Waals surface area contributed by atoms with Gasteiger partial charge in [0.1, 0.15) is 5.56 Å². The van der Waals surface area contributed by atoms with Crippen molar-refractivity contribution < 1.29 is 9.90 Å². The molecule has 0 saturated heterocycles. The quantitative estimate of drug-likeness (QED) is 0.832. The van der Waals surface area contributed by atoms with Gasteiger partial charge in [0.15, 0.2) is 0 Å². The van der Waals surface area contributed by atoms with E-state index in [-0.39, 0.29) is 5.56 Å². The van der Waals surface area contributed by atoms with E-state index in [2.05, 4.69) is 5.92 Å². The number of aromatic nitrogens is 1. The van der Waals surface area contributed by atoms with Crippen molar-refractivity contribution in [2.75, 3.05) is 0 Å². The lowest BCUT2D eigenvalue weighted by atomic mass is 10.1. The number of terminal acetylenes is 1. The molecule has 0 bridgehead atoms. The predicted molar refractivity (Wildman–Crippen MR) is 68.6 cm³/mol. The number of carboxylic acid groups (broad SMARTS) is 1. The predicted octanol–water partition coefficient (Wildman–Crippen LogP) is 1.72. The molecule has 1 heterocycles. The average Bonchev–Trinajstić information content (AvgIpc) is 2.38. The van der Waals surface area contributed by atoms with Crippen molar-refractivity contribution in [2.45, 2.75) is 13.0 Å². The standard InChI is InChI=1S/C14H11NO3/c1-2-3-8-15-9-11(14(17)18)13(16)10-6-4-5-7-12(10)15/h1,4-7,9H,3,8H2,(H,17,18). The van der Waals surface area contributed by atoms with Gasteiger partial charge in [0.2, 0.25) is 5.43 Å². The number of hydrogen-bond acceptors (Lipinski definition) is 2. The van der Waals surface area contributed by atoms with Gasteiger partial charge in [0.05, 0.1) is 5.52 Å². The largest absolute Gasteiger partial charge is 0.477 e. The van der Waals surface area contributed by atoms with Crippen molar-refractivity contribution in [3.63, 3.8) is 0 Å². The maximum absolute atomic E-state index is 12.0. The lowest BCUT2D eigenvalue weighted by Gasteiger charge is -2.10. The lowest BCUT2D eigenvalue weighted by molar-refractivity contribution is 0.0695. The lowest BCUT2D eigenvalue weighted by Crippen LogP contribution is -2.18. The van der Waals surface area contributed by atoms with Crippen molar-refractivity contribution in [3.05, 3.63) is 46.2 Å². The number of carboxylic acids is 1. The third-order valence-corrected chi connectivity index (χ3v) is 2.72. The molecule has 1 aromatic heterocycles. The molecular weight excluding hydrogens is 230 g/mol. The summed E-state index contributed by atoms with van der Waals surface area (Å²) in [5.41, 5.74) is 0.00327. The second-order valence-electron chi connectivity index (χ2n) is 3.84. The summed E-state index contributed by atoms with van der Waals surface area (Å²) in [6.45, 7) is 0.484. The molecule has 0 aliphatic carbocycles. The molecule has 0 aliphatic rings. The third kappa shape index (κ3) is 1.98. The van der Waals surface area contributed by atoms with Gasteiger partial charge in [0, 0.05) is 24.5 Å². The Bertz CT molecular complexity index is 707. The minimum Gasteiger partial charge on any atom is -0.477 e. The highest BCUT2D eigenvalue weighted by molar-refractivity contribution is 5.92. The number of benzene rings is 1. The normalized spacial score (nSPS) is 10.2. The second kappa shape index (κ2) is 4.76. The van der Waals surface area contributed by atoms with Crippen LogP contribution in [0.5, 0.6) is 0 Å². The highest BCUT2D eigenvalue weighted by atomic mass is 16.4. The molecular formula is C14H11NO3. The van der Waals surface area contributed by atoms with Crippen LogP contribution in [0.15, 0.2) is 35.3 Å². The van der Waals surface area contributed by atoms with Crippen LogP contribution in [-0.2, 0) is 6.54 Å². The Kier molecular flexibility index (Phi) is 3.16. The molecule has 0 fully saturated rings. The van der Waals surface area contributed by atoms with Gasteiger partial charge in [-0.15, -0.1) is 12.3 Å². The molecule has 0 aliphatic heterocycles. The maximum atomic E-state index is 12.0. The Morgan fingerprint density at radius 3 is 2.78 bits per heavy atom. The van der Waals surface area contributed by atoms with Crippen LogP contribution in [-0.4, -0.2) is 15.6 Å². The fourth-order valence-electron chi connectivity index (χ4n) is 1.87. The van der Waals surface area contributed by atoms with E-state index in [1.807, 2.05) is 0 Å². The molecule has 0 unspecified atom stereocenters. The van der Waals surface area contributed by atoms with E-state index >= 15 is 0 Å². The maximum Gasteiger partial charge on any atom is 0.341 e. The van der Waals surface area contributed by atoms with Crippen LogP contribution < -0.4 is 5.43 Å². The number of nitrogens with zero attached hydrogens (tertiary/aromatic N) is 1. The van der Waals surface area contributed by atoms with E-state index in [4.69, 9.17) is 11.5 Å². The summed E-state index contributed by atoms with van der Waals surface area (Å²) in [6.07, 6.45) is 7.04. The number of aromatic carboxylic acids is 1. The van der Waals surface area contributed by atoms with Crippen LogP contribution in [0, 0.1) is 12.3 Å². The van der Waals surface area contributed by atoms with Crippen LogP contribution >= 0.6 is 0 Å². The molecule has 2 aromatic rings. The Balaban J connectivity index is 2.76. The molecule has 1 N–H and O–H groups in total. The zero-order valence-electron chi connectivity index (χ0n) is 9.59. The topological polar surface area (TPSA) is 59.3 Å². The van der Waals surface area contributed by atoms with Gasteiger partial charge in [-0.25, -0.2) is 4.79 Å². The minimum absolute atomic E-state index is 0.231. The first-order valence-electron chi connectivity index (χ1n) is 5.44. The number of carbonyl (C=O) groups is 1. The first-order valence-corrected chi connectivity index (χ1v) is 5.44. The van der Waals surface area contributed by atoms with Crippen molar-refractivity contribution in [1.82, 2.24) is 4.57 Å². The van der Waals surface area contributed by atoms with E-state index in [1.165, 1.54) is 6.20 Å². The number of pyridine rings is 1. The van der Waals surface area contributed by atoms with Crippen LogP contribution in [0.25, 0.3) is 10.9 Å². The number of rotatable bonds is 3. The molecule has 90 valence electrons. The molecule has 4 nitrogen and oxygen atoms in total. The van der Waals surface area contributed by atoms with Crippen LogP contribution in [0.1, 0.15) is 16.8 Å². The van der Waals surface area contributed by atoms with Gasteiger partial charge in [-0.3, -0.25) is 4.79 Å². The van der Waals surface area contributed by atoms with Crippen molar-refractivity contribution in [3.8, 4) is 12.3 Å². The number of aryl methyl sites for hydroxylation is 1. The summed E-state index contributed by atoms with van der Waals surface area (Å²) in [5, 5.41) is 9.42. The van der Waals surface area contributed by atoms with E-state index in [1.54, 1.807) is 28.8 Å². The smallest absolute Gasteiger partial charge is 0.341 e. The number of para-hydroxylation sites is 1. The third-order valence-electron chi connectivity index (χ3n) is 2.72. The SMILES string of the molecule is C#CCCn1cc(C(=O)O)c(=O)c2ccccc21. The monoisotopic (exact) mass is 241 g/mol. The molecule has 4 heteroatoms. The highest BCUT2D eigenvalue weighted by Gasteiger charge is 2.13. The molecule has 18 heavy (non-hydrogen) atoms. The molecule has 0 atom stereocenters. The summed E-state index contributed by atoms with van der Waals surface area (Å²) in [6, 6.07) is 6.91. The Labute approximate surface area is 103 Å². The van der Waals surface area contributed by atoms with Gasteiger partial charge < -0.3 is 9.67 Å². The van der Waals surface area contributed by atoms with Gasteiger partial charge >= 0.3 is 5.97 Å². The first kappa shape index (κ1) is 11.9. The van der Waals surface area contributed by atoms with E-state index in [0.717, 1.165) is 0 Å². The van der Waals surface area contributed by atoms with Gasteiger partial charge in [-0.2, -0.15) is 0 Å². The molecule has 0 spiro atoms. The van der Waals surface area contributed by atoms with Crippen molar-refractivity contribution >= 4 is 16.9 Å². The summed E-state index contributed by atoms with van der Waals surface area (Å²) < 4.78 is 1.71. The van der Waals surface area contributed by atoms with Gasteiger partial charge in [0.25, 0.3) is 0 Å². The molecule has 0 radical (unpaired) electrons. The number of hydrogen-bond donors (Lipinski definition) is 1. The second-order valence-corrected chi connectivity index (χ2v) is 3.84. The van der Waals surface area contributed by atoms with Crippen molar-refractivity contribution in [2.24, 2.45) is 0 Å². The van der Waals surface area contributed by atoms with E-state index in [9.17, 15) is 9.59 Å². The zero-order chi connectivity index (χ0) is 13.1. The van der Waals surface area contributed by atoms with Crippen LogP contribution in [0.4, 0.5) is 0 Å². The van der Waals surface area contributed by atoms with Gasteiger partial charge in [-0.05, 0) is 12.1 Å². The summed E-state index contributed by atoms with van der Waals surface area (Å²) in [5.74, 6) is 1.28. The Morgan fingerprint density at radius 2 is 2.11 bits per heavy atom.